The van der Waals surface area contributed by atoms with Crippen LogP contribution >= 0.6 is 11.3 Å². The van der Waals surface area contributed by atoms with Gasteiger partial charge in [0, 0.05) is 45.0 Å². The third-order valence-electron chi connectivity index (χ3n) is 11.3. The highest BCUT2D eigenvalue weighted by Gasteiger charge is 2.53. The van der Waals surface area contributed by atoms with Gasteiger partial charge in [-0.05, 0) is 101 Å². The number of hydrogen-bond acceptors (Lipinski definition) is 12. The third kappa shape index (κ3) is 12.1. The Balaban J connectivity index is 0.831. The Morgan fingerprint density at radius 3 is 2.31 bits per heavy atom. The molecule has 0 saturated carbocycles. The van der Waals surface area contributed by atoms with Gasteiger partial charge in [-0.1, -0.05) is 24.3 Å². The number of urea groups is 1. The molecule has 0 bridgehead atoms. The van der Waals surface area contributed by atoms with Gasteiger partial charge >= 0.3 is 12.2 Å². The van der Waals surface area contributed by atoms with Gasteiger partial charge in [0.15, 0.2) is 0 Å². The van der Waals surface area contributed by atoms with E-state index in [1.54, 1.807) is 41.1 Å². The number of β-amino-alcohol motifs (C(OH)–C–C–N with tert-alkyl or cyclic N) is 1. The maximum Gasteiger partial charge on any atom is 0.417 e. The fourth-order valence-corrected chi connectivity index (χ4v) is 8.55. The molecular formula is C47H52F3N7O9S. The second kappa shape index (κ2) is 21.9. The molecule has 16 nitrogen and oxygen atoms in total. The zero-order valence-electron chi connectivity index (χ0n) is 37.4. The van der Waals surface area contributed by atoms with Crippen LogP contribution in [0.4, 0.5) is 29.3 Å². The SMILES string of the molecule is Cc1ncsc1-c1ccc(CNC(=O)[C@@H]2C[C@@H](O)CN2C(=O)[C@H](C)NC(=O)COCCCOCCCCOc2ccc(N3C(=O)N(c4ccc(C#N)c(C(F)(F)F)c4)C(=O)C3(C)C)cc2)cc1. The second-order valence-corrected chi connectivity index (χ2v) is 17.4. The number of thiazole rings is 1. The van der Waals surface area contributed by atoms with Crippen LogP contribution in [0.25, 0.3) is 10.4 Å². The predicted molar refractivity (Wildman–Crippen MR) is 241 cm³/mol. The minimum absolute atomic E-state index is 0.0289. The van der Waals surface area contributed by atoms with Crippen LogP contribution in [0, 0.1) is 18.3 Å². The molecule has 0 aliphatic carbocycles. The molecule has 2 aliphatic rings. The van der Waals surface area contributed by atoms with E-state index >= 15 is 0 Å². The number of ether oxygens (including phenoxy) is 3. The van der Waals surface area contributed by atoms with Crippen molar-refractivity contribution in [2.75, 3.05) is 49.4 Å². The largest absolute Gasteiger partial charge is 0.494 e. The topological polar surface area (TPSA) is 204 Å². The molecule has 1 aromatic heterocycles. The number of carbonyl (C=O) groups is 5. The lowest BCUT2D eigenvalue weighted by Crippen LogP contribution is -2.53. The Kier molecular flexibility index (Phi) is 16.4. The Morgan fingerprint density at radius 1 is 0.970 bits per heavy atom. The Hall–Kier alpha value is -6.40. The van der Waals surface area contributed by atoms with E-state index in [4.69, 9.17) is 19.5 Å². The zero-order valence-corrected chi connectivity index (χ0v) is 38.2. The first-order valence-electron chi connectivity index (χ1n) is 21.6. The predicted octanol–water partition coefficient (Wildman–Crippen LogP) is 6.13. The summed E-state index contributed by atoms with van der Waals surface area (Å²) in [7, 11) is 0. The van der Waals surface area contributed by atoms with Gasteiger partial charge in [-0.2, -0.15) is 18.4 Å². The average Bonchev–Trinajstić information content (AvgIpc) is 3.96. The number of alkyl halides is 3. The highest BCUT2D eigenvalue weighted by atomic mass is 32.1. The number of benzene rings is 3. The molecule has 67 heavy (non-hydrogen) atoms. The molecule has 3 N–H and O–H groups in total. The number of anilines is 2. The number of carbonyl (C=O) groups excluding carboxylic acids is 5. The van der Waals surface area contributed by atoms with Crippen LogP contribution in [0.15, 0.2) is 72.2 Å². The first-order valence-corrected chi connectivity index (χ1v) is 22.5. The second-order valence-electron chi connectivity index (χ2n) is 16.6. The number of aliphatic hydroxyl groups is 1. The van der Waals surface area contributed by atoms with Crippen molar-refractivity contribution in [2.24, 2.45) is 0 Å². The summed E-state index contributed by atoms with van der Waals surface area (Å²) in [6.45, 7) is 7.82. The van der Waals surface area contributed by atoms with Gasteiger partial charge in [0.05, 0.1) is 51.7 Å². The molecule has 2 aliphatic heterocycles. The lowest BCUT2D eigenvalue weighted by molar-refractivity contribution is -0.141. The highest BCUT2D eigenvalue weighted by molar-refractivity contribution is 7.13. The number of aromatic nitrogens is 1. The summed E-state index contributed by atoms with van der Waals surface area (Å²) in [5.41, 5.74) is 1.38. The number of nitriles is 1. The van der Waals surface area contributed by atoms with E-state index in [2.05, 4.69) is 15.6 Å². The van der Waals surface area contributed by atoms with E-state index in [0.29, 0.717) is 61.5 Å². The molecule has 0 unspecified atom stereocenters. The van der Waals surface area contributed by atoms with Crippen LogP contribution in [0.3, 0.4) is 0 Å². The van der Waals surface area contributed by atoms with E-state index < -0.39 is 70.7 Å². The van der Waals surface area contributed by atoms with Crippen LogP contribution < -0.4 is 25.2 Å². The molecule has 3 heterocycles. The number of aliphatic hydroxyl groups excluding tert-OH is 1. The fraction of sp³-hybridized carbons (Fsp3) is 0.426. The van der Waals surface area contributed by atoms with Gasteiger partial charge in [-0.25, -0.2) is 14.7 Å². The number of unbranched alkanes of at least 4 members (excludes halogenated alkanes) is 1. The number of imide groups is 1. The minimum atomic E-state index is -4.87. The summed E-state index contributed by atoms with van der Waals surface area (Å²) in [5.74, 6) is -1.62. The molecule has 3 aromatic carbocycles. The van der Waals surface area contributed by atoms with Crippen molar-refractivity contribution < 1.29 is 56.5 Å². The molecule has 20 heteroatoms. The molecule has 2 saturated heterocycles. The number of hydrogen-bond donors (Lipinski definition) is 3. The normalized spacial score (nSPS) is 17.4. The van der Waals surface area contributed by atoms with Crippen molar-refractivity contribution in [2.45, 2.75) is 89.8 Å². The van der Waals surface area contributed by atoms with Crippen molar-refractivity contribution in [1.29, 1.82) is 5.26 Å². The van der Waals surface area contributed by atoms with E-state index in [1.165, 1.54) is 36.6 Å². The summed E-state index contributed by atoms with van der Waals surface area (Å²) >= 11 is 1.55. The molecule has 2 fully saturated rings. The smallest absolute Gasteiger partial charge is 0.417 e. The fourth-order valence-electron chi connectivity index (χ4n) is 7.74. The molecular weight excluding hydrogens is 896 g/mol. The zero-order chi connectivity index (χ0) is 48.5. The molecule has 356 valence electrons. The molecule has 0 radical (unpaired) electrons. The number of nitrogens with one attached hydrogen (secondary N) is 2. The van der Waals surface area contributed by atoms with Gasteiger partial charge in [-0.3, -0.25) is 24.1 Å². The van der Waals surface area contributed by atoms with Crippen molar-refractivity contribution in [3.63, 3.8) is 0 Å². The summed E-state index contributed by atoms with van der Waals surface area (Å²) < 4.78 is 57.8. The third-order valence-corrected chi connectivity index (χ3v) is 12.2. The van der Waals surface area contributed by atoms with E-state index in [9.17, 15) is 42.3 Å². The van der Waals surface area contributed by atoms with Crippen molar-refractivity contribution in [1.82, 2.24) is 20.5 Å². The number of halogens is 3. The average molecular weight is 948 g/mol. The van der Waals surface area contributed by atoms with Crippen molar-refractivity contribution in [3.8, 4) is 22.3 Å². The molecule has 0 spiro atoms. The lowest BCUT2D eigenvalue weighted by Gasteiger charge is -2.27. The van der Waals surface area contributed by atoms with Crippen molar-refractivity contribution >= 4 is 52.4 Å². The minimum Gasteiger partial charge on any atom is -0.494 e. The number of amides is 6. The quantitative estimate of drug-likeness (QED) is 0.0680. The van der Waals surface area contributed by atoms with Crippen LogP contribution in [0.1, 0.15) is 68.8 Å². The number of rotatable bonds is 20. The van der Waals surface area contributed by atoms with Crippen LogP contribution in [0.5, 0.6) is 5.75 Å². The first-order chi connectivity index (χ1) is 31.9. The van der Waals surface area contributed by atoms with E-state index in [-0.39, 0.29) is 38.4 Å². The number of likely N-dealkylation sites (tertiary alicyclic amines) is 1. The number of nitrogens with zero attached hydrogens (tertiary/aromatic N) is 5. The molecule has 6 amide bonds. The molecule has 4 aromatic rings. The Labute approximate surface area is 389 Å². The van der Waals surface area contributed by atoms with Gasteiger partial charge in [0.2, 0.25) is 17.7 Å². The molecule has 3 atom stereocenters. The van der Waals surface area contributed by atoms with Gasteiger partial charge in [0.25, 0.3) is 5.91 Å². The maximum atomic E-state index is 13.6. The number of aryl methyl sites for hydroxylation is 1. The van der Waals surface area contributed by atoms with Crippen molar-refractivity contribution in [3.05, 3.63) is 94.6 Å². The van der Waals surface area contributed by atoms with Crippen LogP contribution in [-0.2, 0) is 41.4 Å². The summed E-state index contributed by atoms with van der Waals surface area (Å²) in [6, 6.07) is 15.7. The van der Waals surface area contributed by atoms with Gasteiger partial charge in [-0.15, -0.1) is 11.3 Å². The summed E-state index contributed by atoms with van der Waals surface area (Å²) in [5, 5.41) is 24.9. The van der Waals surface area contributed by atoms with Crippen LogP contribution in [0.2, 0.25) is 0 Å². The Bertz CT molecular complexity index is 2460. The monoisotopic (exact) mass is 947 g/mol. The van der Waals surface area contributed by atoms with Gasteiger partial charge in [0.1, 0.15) is 30.0 Å². The summed E-state index contributed by atoms with van der Waals surface area (Å²) in [6.07, 6.45) is -3.80. The lowest BCUT2D eigenvalue weighted by atomic mass is 10.0. The first kappa shape index (κ1) is 50.0. The standard InChI is InChI=1S/C47H52F3N7O9S/c1-29-41(67-28-53-29)32-10-8-31(9-11-32)25-52-42(60)39-23-36(58)26-55(39)43(61)30(2)54-40(59)27-65-20-7-19-64-18-5-6-21-66-37-16-14-34(15-17-37)57-45(63)56(44(62)46(57,3)4)35-13-12-33(24-51)38(22-35)47(48,49)50/h8-17,22,28,30,36,39,58H,5-7,18-21,23,25-27H2,1-4H3,(H,52,60)(H,54,59)/t30-,36+,39-/m0/s1. The van der Waals surface area contributed by atoms with E-state index in [0.717, 1.165) is 33.8 Å². The van der Waals surface area contributed by atoms with E-state index in [1.807, 2.05) is 31.2 Å². The van der Waals surface area contributed by atoms with Crippen LogP contribution in [-0.4, -0.2) is 108 Å². The van der Waals surface area contributed by atoms with Gasteiger partial charge < -0.3 is 34.9 Å². The molecule has 6 rings (SSSR count). The maximum absolute atomic E-state index is 13.6. The Morgan fingerprint density at radius 2 is 1.64 bits per heavy atom. The summed E-state index contributed by atoms with van der Waals surface area (Å²) in [4.78, 5) is 74.4. The highest BCUT2D eigenvalue weighted by Crippen LogP contribution is 2.40.